The predicted octanol–water partition coefficient (Wildman–Crippen LogP) is 0.678. The summed E-state index contributed by atoms with van der Waals surface area (Å²) in [5.41, 5.74) is 6.32. The van der Waals surface area contributed by atoms with Crippen LogP contribution in [-0.2, 0) is 14.8 Å². The summed E-state index contributed by atoms with van der Waals surface area (Å²) in [6, 6.07) is 7.32. The minimum atomic E-state index is -3.33. The van der Waals surface area contributed by atoms with Gasteiger partial charge in [0.2, 0.25) is 10.0 Å². The number of nitrogens with two attached hydrogens (primary N) is 1. The van der Waals surface area contributed by atoms with Crippen LogP contribution >= 0.6 is 11.8 Å². The average molecular weight is 334 g/mol. The summed E-state index contributed by atoms with van der Waals surface area (Å²) in [6.45, 7) is 0.406. The molecular formula is C13H22N2O4S2. The number of nitrogen functional groups attached to an aromatic ring is 1. The lowest BCUT2D eigenvalue weighted by molar-refractivity contribution is 0.0603. The van der Waals surface area contributed by atoms with Crippen molar-refractivity contribution in [3.63, 3.8) is 0 Å². The van der Waals surface area contributed by atoms with Crippen LogP contribution < -0.4 is 10.5 Å². The molecule has 0 spiro atoms. The summed E-state index contributed by atoms with van der Waals surface area (Å²) in [7, 11) is -1.84. The Morgan fingerprint density at radius 1 is 1.48 bits per heavy atom. The Balaban J connectivity index is 2.26. The van der Waals surface area contributed by atoms with Crippen molar-refractivity contribution in [2.45, 2.75) is 17.4 Å². The monoisotopic (exact) mass is 334 g/mol. The number of sulfonamides is 1. The number of aliphatic hydroxyl groups excluding tert-OH is 1. The number of rotatable bonds is 10. The molecule has 1 atom stereocenters. The lowest BCUT2D eigenvalue weighted by atomic mass is 10.3. The Hall–Kier alpha value is -0.800. The Labute approximate surface area is 130 Å². The van der Waals surface area contributed by atoms with Gasteiger partial charge in [-0.1, -0.05) is 6.07 Å². The van der Waals surface area contributed by atoms with E-state index in [0.717, 1.165) is 4.90 Å². The number of ether oxygens (including phenoxy) is 1. The van der Waals surface area contributed by atoms with E-state index in [1.165, 1.54) is 18.9 Å². The van der Waals surface area contributed by atoms with Gasteiger partial charge in [0.05, 0.1) is 18.5 Å². The molecule has 0 heterocycles. The summed E-state index contributed by atoms with van der Waals surface area (Å²) in [6.07, 6.45) is -0.325. The molecule has 0 amide bonds. The maximum absolute atomic E-state index is 11.8. The molecule has 8 heteroatoms. The van der Waals surface area contributed by atoms with Crippen molar-refractivity contribution >= 4 is 27.5 Å². The summed E-state index contributed by atoms with van der Waals surface area (Å²) < 4.78 is 30.8. The number of anilines is 1. The zero-order chi connectivity index (χ0) is 15.7. The van der Waals surface area contributed by atoms with Crippen LogP contribution in [0.15, 0.2) is 29.2 Å². The fourth-order valence-corrected chi connectivity index (χ4v) is 4.02. The van der Waals surface area contributed by atoms with E-state index in [2.05, 4.69) is 4.72 Å². The molecule has 6 nitrogen and oxygen atoms in total. The third kappa shape index (κ3) is 8.27. The topological polar surface area (TPSA) is 102 Å². The van der Waals surface area contributed by atoms with Crippen LogP contribution in [0, 0.1) is 0 Å². The van der Waals surface area contributed by atoms with Gasteiger partial charge in [0.1, 0.15) is 0 Å². The van der Waals surface area contributed by atoms with Crippen molar-refractivity contribution in [1.29, 1.82) is 0 Å². The number of aliphatic hydroxyl groups is 1. The van der Waals surface area contributed by atoms with E-state index in [9.17, 15) is 13.5 Å². The van der Waals surface area contributed by atoms with Crippen LogP contribution in [0.4, 0.5) is 5.69 Å². The van der Waals surface area contributed by atoms with Crippen LogP contribution in [-0.4, -0.2) is 51.4 Å². The van der Waals surface area contributed by atoms with E-state index in [1.807, 2.05) is 18.2 Å². The molecule has 0 saturated carbocycles. The summed E-state index contributed by atoms with van der Waals surface area (Å²) in [5.74, 6) is 0.465. The van der Waals surface area contributed by atoms with Crippen LogP contribution in [0.2, 0.25) is 0 Å². The number of methoxy groups -OCH3 is 1. The Bertz CT molecular complexity index is 523. The van der Waals surface area contributed by atoms with Crippen LogP contribution in [0.3, 0.4) is 0 Å². The smallest absolute Gasteiger partial charge is 0.212 e. The third-order valence-corrected chi connectivity index (χ3v) is 5.28. The zero-order valence-electron chi connectivity index (χ0n) is 12.0. The van der Waals surface area contributed by atoms with Crippen molar-refractivity contribution in [3.05, 3.63) is 24.3 Å². The highest BCUT2D eigenvalue weighted by atomic mass is 32.2. The maximum atomic E-state index is 11.8. The van der Waals surface area contributed by atoms with Crippen LogP contribution in [0.1, 0.15) is 6.42 Å². The molecule has 120 valence electrons. The second-order valence-electron chi connectivity index (χ2n) is 4.53. The first-order chi connectivity index (χ1) is 9.93. The highest BCUT2D eigenvalue weighted by molar-refractivity contribution is 8.00. The lowest BCUT2D eigenvalue weighted by Gasteiger charge is -2.10. The van der Waals surface area contributed by atoms with Gasteiger partial charge in [-0.05, 0) is 24.6 Å². The highest BCUT2D eigenvalue weighted by Crippen LogP contribution is 2.20. The molecule has 0 aromatic heterocycles. The van der Waals surface area contributed by atoms with Crippen molar-refractivity contribution in [2.75, 3.05) is 37.5 Å². The Morgan fingerprint density at radius 2 is 2.24 bits per heavy atom. The fraction of sp³-hybridized carbons (Fsp3) is 0.538. The molecule has 21 heavy (non-hydrogen) atoms. The Morgan fingerprint density at radius 3 is 2.90 bits per heavy atom. The van der Waals surface area contributed by atoms with E-state index < -0.39 is 16.1 Å². The van der Waals surface area contributed by atoms with Crippen molar-refractivity contribution in [3.8, 4) is 0 Å². The molecule has 1 unspecified atom stereocenters. The molecule has 0 fully saturated rings. The molecule has 1 aromatic carbocycles. The first kappa shape index (κ1) is 18.2. The van der Waals surface area contributed by atoms with Crippen LogP contribution in [0.5, 0.6) is 0 Å². The molecule has 1 aromatic rings. The van der Waals surface area contributed by atoms with Gasteiger partial charge in [0, 0.05) is 30.0 Å². The second kappa shape index (κ2) is 9.26. The van der Waals surface area contributed by atoms with Crippen molar-refractivity contribution < 1.29 is 18.3 Å². The average Bonchev–Trinajstić information content (AvgIpc) is 2.38. The minimum absolute atomic E-state index is 0.0207. The van der Waals surface area contributed by atoms with Crippen LogP contribution in [0.25, 0.3) is 0 Å². The highest BCUT2D eigenvalue weighted by Gasteiger charge is 2.11. The minimum Gasteiger partial charge on any atom is -0.399 e. The molecule has 0 aliphatic carbocycles. The molecule has 4 N–H and O–H groups in total. The number of nitrogens with one attached hydrogen (secondary N) is 1. The van der Waals surface area contributed by atoms with Gasteiger partial charge < -0.3 is 15.6 Å². The number of hydrogen-bond donors (Lipinski definition) is 3. The van der Waals surface area contributed by atoms with E-state index in [0.29, 0.717) is 17.9 Å². The molecule has 1 rings (SSSR count). The first-order valence-corrected chi connectivity index (χ1v) is 9.19. The molecule has 0 aliphatic heterocycles. The van der Waals surface area contributed by atoms with E-state index in [-0.39, 0.29) is 18.9 Å². The van der Waals surface area contributed by atoms with Gasteiger partial charge in [-0.2, -0.15) is 0 Å². The largest absolute Gasteiger partial charge is 0.399 e. The fourth-order valence-electron chi connectivity index (χ4n) is 1.60. The van der Waals surface area contributed by atoms with Gasteiger partial charge in [-0.3, -0.25) is 0 Å². The van der Waals surface area contributed by atoms with Gasteiger partial charge >= 0.3 is 0 Å². The molecule has 0 radical (unpaired) electrons. The Kier molecular flexibility index (Phi) is 8.05. The quantitative estimate of drug-likeness (QED) is 0.429. The zero-order valence-corrected chi connectivity index (χ0v) is 13.6. The van der Waals surface area contributed by atoms with E-state index >= 15 is 0 Å². The maximum Gasteiger partial charge on any atom is 0.212 e. The SMILES string of the molecule is COCC(O)CCNS(=O)(=O)CCSc1cccc(N)c1. The summed E-state index contributed by atoms with van der Waals surface area (Å²) in [4.78, 5) is 0.945. The first-order valence-electron chi connectivity index (χ1n) is 6.55. The third-order valence-electron chi connectivity index (χ3n) is 2.64. The molecule has 0 aliphatic rings. The van der Waals surface area contributed by atoms with E-state index in [4.69, 9.17) is 10.5 Å². The summed E-state index contributed by atoms with van der Waals surface area (Å²) in [5, 5.41) is 9.42. The van der Waals surface area contributed by atoms with Gasteiger partial charge in [-0.25, -0.2) is 13.1 Å². The standard InChI is InChI=1S/C13H22N2O4S2/c1-19-10-12(16)5-6-15-21(17,18)8-7-20-13-4-2-3-11(14)9-13/h2-4,9,12,15-16H,5-8,10,14H2,1H3. The number of hydrogen-bond acceptors (Lipinski definition) is 6. The molecule has 0 bridgehead atoms. The van der Waals surface area contributed by atoms with Gasteiger partial charge in [0.15, 0.2) is 0 Å². The lowest BCUT2D eigenvalue weighted by Crippen LogP contribution is -2.31. The second-order valence-corrected chi connectivity index (χ2v) is 7.63. The van der Waals surface area contributed by atoms with Crippen molar-refractivity contribution in [1.82, 2.24) is 4.72 Å². The predicted molar refractivity (Wildman–Crippen MR) is 85.9 cm³/mol. The molecule has 0 saturated heterocycles. The summed E-state index contributed by atoms with van der Waals surface area (Å²) >= 11 is 1.44. The van der Waals surface area contributed by atoms with Crippen molar-refractivity contribution in [2.24, 2.45) is 0 Å². The molecular weight excluding hydrogens is 312 g/mol. The number of thioether (sulfide) groups is 1. The van der Waals surface area contributed by atoms with E-state index in [1.54, 1.807) is 6.07 Å². The number of benzene rings is 1. The van der Waals surface area contributed by atoms with Gasteiger partial charge in [0.25, 0.3) is 0 Å². The van der Waals surface area contributed by atoms with Gasteiger partial charge in [-0.15, -0.1) is 11.8 Å². The normalized spacial score (nSPS) is 13.2.